The van der Waals surface area contributed by atoms with E-state index in [1.807, 2.05) is 19.9 Å². The Morgan fingerprint density at radius 1 is 0.939 bits per heavy atom. The van der Waals surface area contributed by atoms with E-state index in [1.54, 1.807) is 30.3 Å². The minimum Gasteiger partial charge on any atom is -0.497 e. The summed E-state index contributed by atoms with van der Waals surface area (Å²) in [7, 11) is -1.07. The van der Waals surface area contributed by atoms with Crippen LogP contribution >= 0.6 is 11.6 Å². The molecule has 1 amide bonds. The molecule has 33 heavy (non-hydrogen) atoms. The van der Waals surface area contributed by atoms with Crippen LogP contribution in [0.4, 0.5) is 11.4 Å². The Morgan fingerprint density at radius 3 is 2.24 bits per heavy atom. The number of rotatable bonds is 8. The van der Waals surface area contributed by atoms with Crippen molar-refractivity contribution in [3.63, 3.8) is 0 Å². The smallest absolute Gasteiger partial charge is 0.264 e. The van der Waals surface area contributed by atoms with Crippen LogP contribution in [0.5, 0.6) is 11.5 Å². The van der Waals surface area contributed by atoms with E-state index in [0.29, 0.717) is 27.9 Å². The summed E-state index contributed by atoms with van der Waals surface area (Å²) in [4.78, 5) is 13.0. The number of hydrogen-bond donors (Lipinski definition) is 1. The van der Waals surface area contributed by atoms with Crippen LogP contribution in [0.3, 0.4) is 0 Å². The van der Waals surface area contributed by atoms with Crippen molar-refractivity contribution in [1.29, 1.82) is 0 Å². The van der Waals surface area contributed by atoms with Crippen LogP contribution < -0.4 is 19.1 Å². The van der Waals surface area contributed by atoms with Gasteiger partial charge < -0.3 is 14.8 Å². The van der Waals surface area contributed by atoms with E-state index in [4.69, 9.17) is 21.1 Å². The van der Waals surface area contributed by atoms with E-state index in [-0.39, 0.29) is 4.90 Å². The number of hydrogen-bond acceptors (Lipinski definition) is 5. The zero-order valence-corrected chi connectivity index (χ0v) is 20.3. The molecule has 0 unspecified atom stereocenters. The second kappa shape index (κ2) is 10.1. The lowest BCUT2D eigenvalue weighted by atomic mass is 10.1. The van der Waals surface area contributed by atoms with Gasteiger partial charge in [-0.1, -0.05) is 17.7 Å². The van der Waals surface area contributed by atoms with Gasteiger partial charge in [0.15, 0.2) is 0 Å². The average molecular weight is 489 g/mol. The molecule has 3 aromatic rings. The fourth-order valence-corrected chi connectivity index (χ4v) is 4.70. The molecule has 0 saturated heterocycles. The molecule has 9 heteroatoms. The van der Waals surface area contributed by atoms with Crippen LogP contribution in [0.2, 0.25) is 5.02 Å². The Bertz CT molecular complexity index is 1260. The molecule has 3 aromatic carbocycles. The van der Waals surface area contributed by atoms with Gasteiger partial charge in [0, 0.05) is 11.1 Å². The highest BCUT2D eigenvalue weighted by Crippen LogP contribution is 2.30. The van der Waals surface area contributed by atoms with Gasteiger partial charge in [0.05, 0.1) is 30.5 Å². The number of methoxy groups -OCH3 is 2. The van der Waals surface area contributed by atoms with E-state index >= 15 is 0 Å². The topological polar surface area (TPSA) is 84.9 Å². The summed E-state index contributed by atoms with van der Waals surface area (Å²) in [5.74, 6) is 0.394. The van der Waals surface area contributed by atoms with E-state index in [2.05, 4.69) is 5.32 Å². The maximum absolute atomic E-state index is 13.5. The number of carbonyl (C=O) groups excluding carboxylic acids is 1. The van der Waals surface area contributed by atoms with Crippen LogP contribution in [-0.4, -0.2) is 35.1 Å². The first kappa shape index (κ1) is 24.4. The van der Waals surface area contributed by atoms with Crippen molar-refractivity contribution in [3.05, 3.63) is 76.8 Å². The molecule has 0 aliphatic carbocycles. The summed E-state index contributed by atoms with van der Waals surface area (Å²) in [5.41, 5.74) is 2.65. The molecular formula is C24H25ClN2O5S. The predicted molar refractivity (Wildman–Crippen MR) is 130 cm³/mol. The fourth-order valence-electron chi connectivity index (χ4n) is 3.16. The van der Waals surface area contributed by atoms with Crippen molar-refractivity contribution in [1.82, 2.24) is 0 Å². The largest absolute Gasteiger partial charge is 0.497 e. The summed E-state index contributed by atoms with van der Waals surface area (Å²) >= 11 is 5.93. The van der Waals surface area contributed by atoms with Crippen molar-refractivity contribution >= 4 is 38.9 Å². The van der Waals surface area contributed by atoms with Crippen molar-refractivity contribution < 1.29 is 22.7 Å². The lowest BCUT2D eigenvalue weighted by Crippen LogP contribution is -2.38. The van der Waals surface area contributed by atoms with E-state index in [0.717, 1.165) is 15.4 Å². The van der Waals surface area contributed by atoms with Gasteiger partial charge in [-0.3, -0.25) is 9.10 Å². The number of ether oxygens (including phenoxy) is 2. The number of halogens is 1. The minimum atomic E-state index is -4.06. The minimum absolute atomic E-state index is 0.0249. The third-order valence-corrected chi connectivity index (χ3v) is 7.19. The molecule has 0 bridgehead atoms. The highest BCUT2D eigenvalue weighted by atomic mass is 35.5. The maximum atomic E-state index is 13.5. The number of benzene rings is 3. The normalized spacial score (nSPS) is 11.1. The number of aryl methyl sites for hydroxylation is 2. The number of anilines is 2. The van der Waals surface area contributed by atoms with Gasteiger partial charge in [-0.25, -0.2) is 8.42 Å². The summed E-state index contributed by atoms with van der Waals surface area (Å²) in [6.07, 6.45) is 0. The second-order valence-corrected chi connectivity index (χ2v) is 9.65. The Balaban J connectivity index is 1.99. The molecule has 0 saturated carbocycles. The molecule has 0 aromatic heterocycles. The number of carbonyl (C=O) groups is 1. The van der Waals surface area contributed by atoms with Crippen molar-refractivity contribution in [3.8, 4) is 11.5 Å². The predicted octanol–water partition coefficient (Wildman–Crippen LogP) is 4.81. The SMILES string of the molecule is COc1ccc(OC)c(NC(=O)CN(c2ccc(C)c(C)c2)S(=O)(=O)c2ccc(Cl)cc2)c1. The monoisotopic (exact) mass is 488 g/mol. The molecule has 174 valence electrons. The van der Waals surface area contributed by atoms with E-state index in [1.165, 1.54) is 38.5 Å². The van der Waals surface area contributed by atoms with Gasteiger partial charge in [0.1, 0.15) is 18.0 Å². The maximum Gasteiger partial charge on any atom is 0.264 e. The first-order valence-electron chi connectivity index (χ1n) is 10.0. The number of nitrogens with zero attached hydrogens (tertiary/aromatic N) is 1. The Labute approximate surface area is 198 Å². The van der Waals surface area contributed by atoms with Crippen LogP contribution in [0.25, 0.3) is 0 Å². The summed E-state index contributed by atoms with van der Waals surface area (Å²) in [6, 6.07) is 16.0. The third kappa shape index (κ3) is 5.58. The zero-order valence-electron chi connectivity index (χ0n) is 18.8. The van der Waals surface area contributed by atoms with Gasteiger partial charge in [-0.2, -0.15) is 0 Å². The summed E-state index contributed by atoms with van der Waals surface area (Å²) < 4.78 is 38.6. The summed E-state index contributed by atoms with van der Waals surface area (Å²) in [5, 5.41) is 3.14. The Kier molecular flexibility index (Phi) is 7.50. The van der Waals surface area contributed by atoms with E-state index in [9.17, 15) is 13.2 Å². The average Bonchev–Trinajstić information content (AvgIpc) is 2.79. The first-order valence-corrected chi connectivity index (χ1v) is 11.8. The van der Waals surface area contributed by atoms with Crippen LogP contribution in [0.1, 0.15) is 11.1 Å². The van der Waals surface area contributed by atoms with Gasteiger partial charge in [-0.15, -0.1) is 0 Å². The number of amides is 1. The van der Waals surface area contributed by atoms with Crippen LogP contribution in [0, 0.1) is 13.8 Å². The Hall–Kier alpha value is -3.23. The molecule has 0 radical (unpaired) electrons. The molecule has 0 spiro atoms. The Morgan fingerprint density at radius 2 is 1.64 bits per heavy atom. The van der Waals surface area contributed by atoms with Crippen molar-refractivity contribution in [2.24, 2.45) is 0 Å². The molecule has 7 nitrogen and oxygen atoms in total. The van der Waals surface area contributed by atoms with Gasteiger partial charge >= 0.3 is 0 Å². The molecule has 0 aliphatic rings. The number of nitrogens with one attached hydrogen (secondary N) is 1. The molecule has 1 N–H and O–H groups in total. The van der Waals surface area contributed by atoms with E-state index < -0.39 is 22.5 Å². The lowest BCUT2D eigenvalue weighted by Gasteiger charge is -2.25. The highest BCUT2D eigenvalue weighted by Gasteiger charge is 2.28. The lowest BCUT2D eigenvalue weighted by molar-refractivity contribution is -0.114. The highest BCUT2D eigenvalue weighted by molar-refractivity contribution is 7.92. The third-order valence-electron chi connectivity index (χ3n) is 5.15. The number of sulfonamides is 1. The van der Waals surface area contributed by atoms with Crippen LogP contribution in [-0.2, 0) is 14.8 Å². The second-order valence-electron chi connectivity index (χ2n) is 7.35. The molecule has 3 rings (SSSR count). The fraction of sp³-hybridized carbons (Fsp3) is 0.208. The van der Waals surface area contributed by atoms with Crippen molar-refractivity contribution in [2.45, 2.75) is 18.7 Å². The quantitative estimate of drug-likeness (QED) is 0.492. The molecule has 0 heterocycles. The van der Waals surface area contributed by atoms with Crippen molar-refractivity contribution in [2.75, 3.05) is 30.4 Å². The molecular weight excluding hydrogens is 464 g/mol. The molecule has 0 fully saturated rings. The first-order chi connectivity index (χ1) is 15.6. The van der Waals surface area contributed by atoms with Crippen LogP contribution in [0.15, 0.2) is 65.6 Å². The molecule has 0 atom stereocenters. The van der Waals surface area contributed by atoms with Gasteiger partial charge in [-0.05, 0) is 73.5 Å². The zero-order chi connectivity index (χ0) is 24.2. The standard InChI is InChI=1S/C24H25ClN2O5S/c1-16-5-8-19(13-17(16)2)27(33(29,30)21-10-6-18(25)7-11-21)15-24(28)26-22-14-20(31-3)9-12-23(22)32-4/h5-14H,15H2,1-4H3,(H,26,28). The van der Waals surface area contributed by atoms with Gasteiger partial charge in [0.2, 0.25) is 5.91 Å². The summed E-state index contributed by atoms with van der Waals surface area (Å²) in [6.45, 7) is 3.36. The van der Waals surface area contributed by atoms with Gasteiger partial charge in [0.25, 0.3) is 10.0 Å². The molecule has 0 aliphatic heterocycles.